The number of fused-ring (bicyclic) bond motifs is 1. The van der Waals surface area contributed by atoms with Gasteiger partial charge in [0.2, 0.25) is 0 Å². The highest BCUT2D eigenvalue weighted by Gasteiger charge is 2.21. The summed E-state index contributed by atoms with van der Waals surface area (Å²) in [7, 11) is 0. The van der Waals surface area contributed by atoms with E-state index in [0.29, 0.717) is 0 Å². The summed E-state index contributed by atoms with van der Waals surface area (Å²) in [4.78, 5) is 23.1. The number of hydrogen-bond donors (Lipinski definition) is 2. The number of aliphatic carboxylic acids is 2. The number of carboxylic acids is 2. The number of aromatic nitrogens is 2. The highest BCUT2D eigenvalue weighted by atomic mass is 16.4. The van der Waals surface area contributed by atoms with Crippen LogP contribution in [0.2, 0.25) is 0 Å². The maximum atomic E-state index is 9.04. The molecule has 5 rings (SSSR count). The van der Waals surface area contributed by atoms with Gasteiger partial charge in [-0.05, 0) is 55.6 Å². The zero-order valence-corrected chi connectivity index (χ0v) is 22.7. The Morgan fingerprint density at radius 3 is 2.02 bits per heavy atom. The largest absolute Gasteiger partial charge is 0.539 e. The molecule has 3 N–H and O–H groups in total. The molecule has 1 fully saturated rings. The second-order valence-electron chi connectivity index (χ2n) is 9.89. The highest BCUT2D eigenvalue weighted by molar-refractivity contribution is 6.26. The lowest BCUT2D eigenvalue weighted by Crippen LogP contribution is -2.46. The molecule has 4 aromatic rings. The Bertz CT molecular complexity index is 1370. The number of carbonyl (C=O) groups is 2. The van der Waals surface area contributed by atoms with Crippen molar-refractivity contribution in [1.29, 1.82) is 0 Å². The maximum absolute atomic E-state index is 9.04. The average molecular weight is 544 g/mol. The summed E-state index contributed by atoms with van der Waals surface area (Å²) in [5, 5.41) is 16.3. The number of aryl methyl sites for hydroxylation is 1. The molecule has 0 spiro atoms. The van der Waals surface area contributed by atoms with Crippen LogP contribution in [-0.4, -0.2) is 59.2 Å². The second-order valence-corrected chi connectivity index (χ2v) is 9.89. The lowest BCUT2D eigenvalue weighted by Gasteiger charge is -2.36. The van der Waals surface area contributed by atoms with Crippen LogP contribution in [0.4, 0.5) is 11.6 Å². The summed E-state index contributed by atoms with van der Waals surface area (Å²) in [5.41, 5.74) is 11.7. The van der Waals surface area contributed by atoms with Crippen LogP contribution in [0.5, 0.6) is 0 Å². The number of hydrogen-bond acceptors (Lipinski definition) is 6. The minimum atomic E-state index is -2.07. The van der Waals surface area contributed by atoms with Gasteiger partial charge in [0.25, 0.3) is 0 Å². The number of piperazine rings is 1. The van der Waals surface area contributed by atoms with E-state index in [4.69, 9.17) is 25.5 Å². The summed E-state index contributed by atoms with van der Waals surface area (Å²) in [6, 6.07) is 29.9. The van der Waals surface area contributed by atoms with Gasteiger partial charge in [0.1, 0.15) is 11.0 Å². The second kappa shape index (κ2) is 14.1. The molecule has 1 aromatic heterocycles. The SMILES string of the molecule is Nc1n(CCCCCN2CCN(c3ccccc3)CC2)c2ccccc2[n+]1Cc1ccccc1.O=C([O-])C(=O)O. The Balaban J connectivity index is 0.000000557. The molecule has 0 saturated carbocycles. The van der Waals surface area contributed by atoms with Gasteiger partial charge >= 0.3 is 11.9 Å². The van der Waals surface area contributed by atoms with Crippen molar-refractivity contribution in [1.82, 2.24) is 9.47 Å². The third-order valence-electron chi connectivity index (χ3n) is 7.22. The molecule has 0 amide bonds. The fraction of sp³-hybridized carbons (Fsp3) is 0.323. The number of anilines is 2. The first-order valence-corrected chi connectivity index (χ1v) is 13.7. The first-order valence-electron chi connectivity index (χ1n) is 13.7. The smallest absolute Gasteiger partial charge is 0.356 e. The van der Waals surface area contributed by atoms with Crippen molar-refractivity contribution in [3.8, 4) is 0 Å². The Morgan fingerprint density at radius 2 is 1.38 bits per heavy atom. The average Bonchev–Trinajstić information content (AvgIpc) is 3.24. The molecule has 1 aliphatic heterocycles. The van der Waals surface area contributed by atoms with Crippen molar-refractivity contribution in [2.75, 3.05) is 43.4 Å². The van der Waals surface area contributed by atoms with Crippen LogP contribution in [0.1, 0.15) is 24.8 Å². The van der Waals surface area contributed by atoms with Crippen molar-refractivity contribution in [3.05, 3.63) is 90.5 Å². The molecule has 0 aliphatic carbocycles. The fourth-order valence-corrected chi connectivity index (χ4v) is 5.13. The summed E-state index contributed by atoms with van der Waals surface area (Å²) in [5.74, 6) is -3.16. The zero-order chi connectivity index (χ0) is 28.3. The van der Waals surface area contributed by atoms with Gasteiger partial charge in [-0.25, -0.2) is 13.9 Å². The molecule has 0 radical (unpaired) electrons. The van der Waals surface area contributed by atoms with Crippen LogP contribution in [-0.2, 0) is 22.7 Å². The minimum Gasteiger partial charge on any atom is -0.539 e. The molecular weight excluding hydrogens is 506 g/mol. The third-order valence-corrected chi connectivity index (χ3v) is 7.22. The number of para-hydroxylation sites is 3. The van der Waals surface area contributed by atoms with Gasteiger partial charge in [0.15, 0.2) is 5.97 Å². The van der Waals surface area contributed by atoms with Crippen LogP contribution in [0.3, 0.4) is 0 Å². The van der Waals surface area contributed by atoms with E-state index in [1.54, 1.807) is 0 Å². The Morgan fingerprint density at radius 1 is 0.800 bits per heavy atom. The number of carboxylic acid groups (broad SMARTS) is 2. The lowest BCUT2D eigenvalue weighted by atomic mass is 10.2. The van der Waals surface area contributed by atoms with Crippen molar-refractivity contribution < 1.29 is 24.4 Å². The molecule has 1 saturated heterocycles. The lowest BCUT2D eigenvalue weighted by molar-refractivity contribution is -0.648. The minimum absolute atomic E-state index is 0.801. The van der Waals surface area contributed by atoms with Crippen molar-refractivity contribution >= 4 is 34.6 Å². The van der Waals surface area contributed by atoms with Crippen LogP contribution in [0.15, 0.2) is 84.9 Å². The van der Waals surface area contributed by atoms with E-state index < -0.39 is 11.9 Å². The molecule has 2 heterocycles. The van der Waals surface area contributed by atoms with Crippen molar-refractivity contribution in [2.45, 2.75) is 32.4 Å². The van der Waals surface area contributed by atoms with Crippen LogP contribution < -0.4 is 20.3 Å². The quantitative estimate of drug-likeness (QED) is 0.189. The maximum Gasteiger partial charge on any atom is 0.356 e. The van der Waals surface area contributed by atoms with Crippen molar-refractivity contribution in [3.63, 3.8) is 0 Å². The zero-order valence-electron chi connectivity index (χ0n) is 22.7. The van der Waals surface area contributed by atoms with Crippen LogP contribution in [0.25, 0.3) is 11.0 Å². The number of imidazole rings is 1. The predicted octanol–water partition coefficient (Wildman–Crippen LogP) is 2.37. The van der Waals surface area contributed by atoms with Gasteiger partial charge < -0.3 is 19.9 Å². The molecule has 9 heteroatoms. The van der Waals surface area contributed by atoms with Crippen LogP contribution in [0, 0.1) is 0 Å². The van der Waals surface area contributed by atoms with E-state index in [1.807, 2.05) is 0 Å². The summed E-state index contributed by atoms with van der Waals surface area (Å²) >= 11 is 0. The van der Waals surface area contributed by atoms with Crippen molar-refractivity contribution in [2.24, 2.45) is 0 Å². The molecule has 0 atom stereocenters. The third kappa shape index (κ3) is 7.60. The highest BCUT2D eigenvalue weighted by Crippen LogP contribution is 2.19. The Hall–Kier alpha value is -4.37. The molecule has 210 valence electrons. The molecule has 1 aliphatic rings. The molecule has 0 bridgehead atoms. The number of carbonyl (C=O) groups excluding carboxylic acids is 1. The van der Waals surface area contributed by atoms with E-state index in [2.05, 4.69) is 104 Å². The number of rotatable bonds is 9. The van der Waals surface area contributed by atoms with Gasteiger partial charge in [0.05, 0.1) is 13.1 Å². The summed E-state index contributed by atoms with van der Waals surface area (Å²) < 4.78 is 4.55. The van der Waals surface area contributed by atoms with E-state index >= 15 is 0 Å². The monoisotopic (exact) mass is 543 g/mol. The molecule has 40 heavy (non-hydrogen) atoms. The summed E-state index contributed by atoms with van der Waals surface area (Å²) in [6.07, 6.45) is 3.62. The standard InChI is InChI=1S/C29H35N5.C2H2O4/c30-29-33(27-16-8-9-17-28(27)34(29)24-25-12-4-1-5-13-25)19-11-3-10-18-31-20-22-32(23-21-31)26-14-6-2-7-15-26;3-1(4)2(5)6/h1-2,4-9,12-17,30H,3,10-11,18-24H2;(H,3,4)(H,5,6). The fourth-order valence-electron chi connectivity index (χ4n) is 5.13. The van der Waals surface area contributed by atoms with E-state index in [9.17, 15) is 0 Å². The van der Waals surface area contributed by atoms with Gasteiger partial charge in [0, 0.05) is 31.9 Å². The van der Waals surface area contributed by atoms with Gasteiger partial charge in [-0.2, -0.15) is 0 Å². The summed E-state index contributed by atoms with van der Waals surface area (Å²) in [6.45, 7) is 7.52. The number of benzene rings is 3. The normalized spacial score (nSPS) is 13.6. The molecule has 9 nitrogen and oxygen atoms in total. The van der Waals surface area contributed by atoms with Gasteiger partial charge in [-0.15, -0.1) is 0 Å². The molecule has 0 unspecified atom stereocenters. The number of nitrogens with zero attached hydrogens (tertiary/aromatic N) is 4. The molecule has 3 aromatic carbocycles. The topological polar surface area (TPSA) is 119 Å². The number of nitrogens with two attached hydrogens (primary N) is 1. The number of unbranched alkanes of at least 4 members (excludes halogenated alkanes) is 2. The first-order chi connectivity index (χ1) is 19.4. The van der Waals surface area contributed by atoms with Crippen LogP contribution >= 0.6 is 0 Å². The first kappa shape index (κ1) is 28.6. The molecular formula is C31H37N5O4. The van der Waals surface area contributed by atoms with Gasteiger partial charge in [-0.1, -0.05) is 60.7 Å². The predicted molar refractivity (Wildman–Crippen MR) is 154 cm³/mol. The van der Waals surface area contributed by atoms with E-state index in [-0.39, 0.29) is 0 Å². The van der Waals surface area contributed by atoms with E-state index in [0.717, 1.165) is 51.6 Å². The number of nitrogen functional groups attached to an aromatic ring is 1. The Labute approximate surface area is 234 Å². The Kier molecular flexibility index (Phi) is 10.1. The van der Waals surface area contributed by atoms with E-state index in [1.165, 1.54) is 41.7 Å². The van der Waals surface area contributed by atoms with Gasteiger partial charge in [-0.3, -0.25) is 10.6 Å².